The molecule has 1 saturated heterocycles. The largest absolute Gasteiger partial charge is 0.497 e. The van der Waals surface area contributed by atoms with Gasteiger partial charge in [-0.25, -0.2) is 0 Å². The third-order valence-electron chi connectivity index (χ3n) is 2.77. The first-order valence-corrected chi connectivity index (χ1v) is 5.05. The van der Waals surface area contributed by atoms with Gasteiger partial charge in [-0.1, -0.05) is 0 Å². The van der Waals surface area contributed by atoms with Gasteiger partial charge in [-0.2, -0.15) is 0 Å². The van der Waals surface area contributed by atoms with E-state index in [1.54, 1.807) is 14.2 Å². The molecule has 2 unspecified atom stereocenters. The van der Waals surface area contributed by atoms with E-state index in [9.17, 15) is 0 Å². The van der Waals surface area contributed by atoms with Gasteiger partial charge in [-0.05, 0) is 25.5 Å². The Morgan fingerprint density at radius 3 is 2.33 bits per heavy atom. The van der Waals surface area contributed by atoms with Crippen molar-refractivity contribution in [2.45, 2.75) is 26.1 Å². The fraction of sp³-hybridized carbons (Fsp3) is 0.500. The predicted octanol–water partition coefficient (Wildman–Crippen LogP) is 2.47. The minimum atomic E-state index is 0.186. The summed E-state index contributed by atoms with van der Waals surface area (Å²) in [7, 11) is 3.33. The summed E-state index contributed by atoms with van der Waals surface area (Å²) in [4.78, 5) is 0. The standard InChI is InChI=1S/C12H16O3/c1-7-5-9(13-3)6-10(14-4)11(7)12-8(2)15-12/h5-6,8,12H,1-4H3. The highest BCUT2D eigenvalue weighted by Gasteiger charge is 2.39. The lowest BCUT2D eigenvalue weighted by Gasteiger charge is -2.11. The number of hydrogen-bond acceptors (Lipinski definition) is 3. The number of epoxide rings is 1. The van der Waals surface area contributed by atoms with Gasteiger partial charge in [0, 0.05) is 11.6 Å². The van der Waals surface area contributed by atoms with Crippen molar-refractivity contribution >= 4 is 0 Å². The minimum Gasteiger partial charge on any atom is -0.497 e. The van der Waals surface area contributed by atoms with Crippen molar-refractivity contribution in [2.24, 2.45) is 0 Å². The van der Waals surface area contributed by atoms with Crippen molar-refractivity contribution in [2.75, 3.05) is 14.2 Å². The molecule has 2 rings (SSSR count). The van der Waals surface area contributed by atoms with Gasteiger partial charge < -0.3 is 14.2 Å². The molecule has 0 amide bonds. The molecule has 0 bridgehead atoms. The second-order valence-corrected chi connectivity index (χ2v) is 3.82. The molecule has 3 nitrogen and oxygen atoms in total. The smallest absolute Gasteiger partial charge is 0.128 e. The van der Waals surface area contributed by atoms with Crippen LogP contribution in [-0.2, 0) is 4.74 Å². The Kier molecular flexibility index (Phi) is 2.57. The number of methoxy groups -OCH3 is 2. The van der Waals surface area contributed by atoms with Gasteiger partial charge in [-0.3, -0.25) is 0 Å². The molecule has 0 aromatic heterocycles. The van der Waals surface area contributed by atoms with Crippen LogP contribution in [-0.4, -0.2) is 20.3 Å². The molecule has 0 aliphatic carbocycles. The van der Waals surface area contributed by atoms with Crippen LogP contribution in [0.5, 0.6) is 11.5 Å². The van der Waals surface area contributed by atoms with Crippen molar-refractivity contribution in [3.8, 4) is 11.5 Å². The molecule has 1 aliphatic rings. The van der Waals surface area contributed by atoms with Gasteiger partial charge in [0.2, 0.25) is 0 Å². The average Bonchev–Trinajstić information content (AvgIpc) is 2.93. The lowest BCUT2D eigenvalue weighted by Crippen LogP contribution is -1.97. The second-order valence-electron chi connectivity index (χ2n) is 3.82. The Morgan fingerprint density at radius 2 is 1.87 bits per heavy atom. The zero-order valence-corrected chi connectivity index (χ0v) is 9.53. The predicted molar refractivity (Wildman–Crippen MR) is 57.6 cm³/mol. The van der Waals surface area contributed by atoms with Crippen LogP contribution in [0.3, 0.4) is 0 Å². The molecule has 1 aromatic rings. The monoisotopic (exact) mass is 208 g/mol. The normalized spacial score (nSPS) is 23.7. The molecule has 3 heteroatoms. The molecule has 82 valence electrons. The average molecular weight is 208 g/mol. The van der Waals surface area contributed by atoms with E-state index >= 15 is 0 Å². The lowest BCUT2D eigenvalue weighted by atomic mass is 10.0. The minimum absolute atomic E-state index is 0.186. The van der Waals surface area contributed by atoms with Crippen LogP contribution < -0.4 is 9.47 Å². The van der Waals surface area contributed by atoms with Gasteiger partial charge in [0.15, 0.2) is 0 Å². The van der Waals surface area contributed by atoms with E-state index in [4.69, 9.17) is 14.2 Å². The van der Waals surface area contributed by atoms with Crippen molar-refractivity contribution < 1.29 is 14.2 Å². The third kappa shape index (κ3) is 1.79. The first-order chi connectivity index (χ1) is 7.17. The quantitative estimate of drug-likeness (QED) is 0.715. The van der Waals surface area contributed by atoms with E-state index < -0.39 is 0 Å². The van der Waals surface area contributed by atoms with Crippen LogP contribution in [0.15, 0.2) is 12.1 Å². The summed E-state index contributed by atoms with van der Waals surface area (Å²) in [5.74, 6) is 1.67. The lowest BCUT2D eigenvalue weighted by molar-refractivity contribution is 0.363. The Labute approximate surface area is 90.0 Å². The van der Waals surface area contributed by atoms with Gasteiger partial charge in [0.1, 0.15) is 17.6 Å². The first kappa shape index (κ1) is 10.3. The molecule has 1 fully saturated rings. The van der Waals surface area contributed by atoms with Crippen LogP contribution >= 0.6 is 0 Å². The summed E-state index contributed by atoms with van der Waals surface area (Å²) in [5, 5.41) is 0. The van der Waals surface area contributed by atoms with Crippen LogP contribution in [0.25, 0.3) is 0 Å². The van der Waals surface area contributed by atoms with Crippen molar-refractivity contribution in [1.29, 1.82) is 0 Å². The molecular weight excluding hydrogens is 192 g/mol. The van der Waals surface area contributed by atoms with Crippen molar-refractivity contribution in [1.82, 2.24) is 0 Å². The Hall–Kier alpha value is -1.22. The zero-order valence-electron chi connectivity index (χ0n) is 9.53. The fourth-order valence-corrected chi connectivity index (χ4v) is 1.87. The van der Waals surface area contributed by atoms with E-state index in [0.717, 1.165) is 22.6 Å². The Balaban J connectivity index is 2.43. The third-order valence-corrected chi connectivity index (χ3v) is 2.77. The van der Waals surface area contributed by atoms with E-state index in [0.29, 0.717) is 6.10 Å². The van der Waals surface area contributed by atoms with Crippen molar-refractivity contribution in [3.63, 3.8) is 0 Å². The zero-order chi connectivity index (χ0) is 11.0. The highest BCUT2D eigenvalue weighted by molar-refractivity contribution is 5.48. The number of rotatable bonds is 3. The maximum absolute atomic E-state index is 5.48. The first-order valence-electron chi connectivity index (χ1n) is 5.05. The molecule has 1 heterocycles. The molecule has 2 atom stereocenters. The highest BCUT2D eigenvalue weighted by Crippen LogP contribution is 2.45. The van der Waals surface area contributed by atoms with Gasteiger partial charge in [-0.15, -0.1) is 0 Å². The second kappa shape index (κ2) is 3.74. The van der Waals surface area contributed by atoms with E-state index in [-0.39, 0.29) is 6.10 Å². The van der Waals surface area contributed by atoms with E-state index in [1.807, 2.05) is 12.1 Å². The molecule has 0 saturated carbocycles. The number of hydrogen-bond donors (Lipinski definition) is 0. The summed E-state index contributed by atoms with van der Waals surface area (Å²) < 4.78 is 16.0. The molecule has 0 radical (unpaired) electrons. The Morgan fingerprint density at radius 1 is 1.20 bits per heavy atom. The highest BCUT2D eigenvalue weighted by atomic mass is 16.6. The maximum Gasteiger partial charge on any atom is 0.128 e. The van der Waals surface area contributed by atoms with Gasteiger partial charge >= 0.3 is 0 Å². The van der Waals surface area contributed by atoms with Gasteiger partial charge in [0.05, 0.1) is 20.3 Å². The van der Waals surface area contributed by atoms with E-state index in [2.05, 4.69) is 13.8 Å². The van der Waals surface area contributed by atoms with Crippen LogP contribution in [0.1, 0.15) is 24.2 Å². The Bertz CT molecular complexity index is 373. The molecule has 0 spiro atoms. The molecule has 0 N–H and O–H groups in total. The maximum atomic E-state index is 5.48. The van der Waals surface area contributed by atoms with Gasteiger partial charge in [0.25, 0.3) is 0 Å². The molecular formula is C12H16O3. The molecule has 1 aromatic carbocycles. The SMILES string of the molecule is COc1cc(C)c(C2OC2C)c(OC)c1. The van der Waals surface area contributed by atoms with Crippen LogP contribution in [0, 0.1) is 6.92 Å². The number of ether oxygens (including phenoxy) is 3. The summed E-state index contributed by atoms with van der Waals surface area (Å²) in [5.41, 5.74) is 2.30. The summed E-state index contributed by atoms with van der Waals surface area (Å²) in [6, 6.07) is 3.91. The van der Waals surface area contributed by atoms with Crippen molar-refractivity contribution in [3.05, 3.63) is 23.3 Å². The number of benzene rings is 1. The van der Waals surface area contributed by atoms with Crippen LogP contribution in [0.2, 0.25) is 0 Å². The molecule has 1 aliphatic heterocycles. The fourth-order valence-electron chi connectivity index (χ4n) is 1.87. The number of aryl methyl sites for hydroxylation is 1. The van der Waals surface area contributed by atoms with Crippen LogP contribution in [0.4, 0.5) is 0 Å². The summed E-state index contributed by atoms with van der Waals surface area (Å²) in [6.07, 6.45) is 0.483. The van der Waals surface area contributed by atoms with E-state index in [1.165, 1.54) is 0 Å². The molecule has 15 heavy (non-hydrogen) atoms. The summed E-state index contributed by atoms with van der Waals surface area (Å²) in [6.45, 7) is 4.11. The summed E-state index contributed by atoms with van der Waals surface area (Å²) >= 11 is 0. The topological polar surface area (TPSA) is 31.0 Å².